The molecule has 0 bridgehead atoms. The van der Waals surface area contributed by atoms with E-state index in [-0.39, 0.29) is 11.8 Å². The van der Waals surface area contributed by atoms with Crippen LogP contribution in [0.4, 0.5) is 4.79 Å². The predicted molar refractivity (Wildman–Crippen MR) is 99.4 cm³/mol. The third kappa shape index (κ3) is 5.84. The molecule has 2 rings (SSSR count). The van der Waals surface area contributed by atoms with E-state index < -0.39 is 12.1 Å². The number of piperidine rings is 1. The van der Waals surface area contributed by atoms with Gasteiger partial charge in [0.15, 0.2) is 0 Å². The molecular weight excluding hydrogens is 332 g/mol. The Morgan fingerprint density at radius 2 is 1.77 bits per heavy atom. The van der Waals surface area contributed by atoms with E-state index in [4.69, 9.17) is 0 Å². The van der Waals surface area contributed by atoms with Crippen LogP contribution in [0.2, 0.25) is 0 Å². The van der Waals surface area contributed by atoms with Gasteiger partial charge in [0.2, 0.25) is 11.8 Å². The van der Waals surface area contributed by atoms with Gasteiger partial charge in [-0.25, -0.2) is 4.79 Å². The van der Waals surface area contributed by atoms with Gasteiger partial charge in [-0.05, 0) is 44.3 Å². The molecule has 1 aromatic carbocycles. The van der Waals surface area contributed by atoms with Crippen molar-refractivity contribution < 1.29 is 14.4 Å². The zero-order chi connectivity index (χ0) is 18.9. The van der Waals surface area contributed by atoms with Crippen LogP contribution in [0.5, 0.6) is 0 Å². The Hall–Kier alpha value is -2.41. The van der Waals surface area contributed by atoms with Gasteiger partial charge in [0.25, 0.3) is 0 Å². The van der Waals surface area contributed by atoms with Crippen LogP contribution in [0, 0.1) is 5.92 Å². The number of hydrogen-bond acceptors (Lipinski definition) is 4. The van der Waals surface area contributed by atoms with Gasteiger partial charge in [-0.2, -0.15) is 0 Å². The summed E-state index contributed by atoms with van der Waals surface area (Å²) in [4.78, 5) is 37.7. The fourth-order valence-corrected chi connectivity index (χ4v) is 3.25. The SMILES string of the molecule is CCNC(=O)NC(=O)C(c1ccccc1)N1CCC(CNC(C)=O)CC1. The highest BCUT2D eigenvalue weighted by molar-refractivity contribution is 5.97. The zero-order valence-corrected chi connectivity index (χ0v) is 15.5. The van der Waals surface area contributed by atoms with Crippen molar-refractivity contribution in [3.8, 4) is 0 Å². The Morgan fingerprint density at radius 3 is 2.35 bits per heavy atom. The quantitative estimate of drug-likeness (QED) is 0.716. The van der Waals surface area contributed by atoms with E-state index >= 15 is 0 Å². The summed E-state index contributed by atoms with van der Waals surface area (Å²) in [7, 11) is 0. The Kier molecular flexibility index (Phi) is 7.59. The molecule has 0 aromatic heterocycles. The molecule has 1 fully saturated rings. The van der Waals surface area contributed by atoms with Crippen LogP contribution in [0.3, 0.4) is 0 Å². The van der Waals surface area contributed by atoms with Crippen molar-refractivity contribution in [1.82, 2.24) is 20.9 Å². The number of imide groups is 1. The highest BCUT2D eigenvalue weighted by atomic mass is 16.2. The first-order chi connectivity index (χ1) is 12.5. The van der Waals surface area contributed by atoms with Gasteiger partial charge in [-0.1, -0.05) is 30.3 Å². The average molecular weight is 360 g/mol. The maximum atomic E-state index is 12.8. The Bertz CT molecular complexity index is 612. The zero-order valence-electron chi connectivity index (χ0n) is 15.5. The van der Waals surface area contributed by atoms with Gasteiger partial charge < -0.3 is 10.6 Å². The van der Waals surface area contributed by atoms with Gasteiger partial charge >= 0.3 is 6.03 Å². The summed E-state index contributed by atoms with van der Waals surface area (Å²) in [6.07, 6.45) is 1.80. The molecule has 1 saturated heterocycles. The molecule has 7 heteroatoms. The molecule has 0 radical (unpaired) electrons. The fraction of sp³-hybridized carbons (Fsp3) is 0.526. The van der Waals surface area contributed by atoms with Gasteiger partial charge in [0.05, 0.1) is 0 Å². The van der Waals surface area contributed by atoms with Crippen molar-refractivity contribution in [1.29, 1.82) is 0 Å². The predicted octanol–water partition coefficient (Wildman–Crippen LogP) is 1.42. The van der Waals surface area contributed by atoms with E-state index in [9.17, 15) is 14.4 Å². The second kappa shape index (κ2) is 9.91. The highest BCUT2D eigenvalue weighted by Crippen LogP contribution is 2.27. The highest BCUT2D eigenvalue weighted by Gasteiger charge is 2.31. The second-order valence-electron chi connectivity index (χ2n) is 6.58. The molecule has 26 heavy (non-hydrogen) atoms. The van der Waals surface area contributed by atoms with Crippen molar-refractivity contribution in [2.45, 2.75) is 32.7 Å². The van der Waals surface area contributed by atoms with E-state index in [1.807, 2.05) is 30.3 Å². The van der Waals surface area contributed by atoms with Gasteiger partial charge in [-0.3, -0.25) is 19.8 Å². The Morgan fingerprint density at radius 1 is 1.12 bits per heavy atom. The molecule has 0 aliphatic carbocycles. The number of carbonyl (C=O) groups is 3. The van der Waals surface area contributed by atoms with Crippen molar-refractivity contribution in [2.75, 3.05) is 26.2 Å². The molecule has 1 heterocycles. The van der Waals surface area contributed by atoms with Crippen molar-refractivity contribution in [3.63, 3.8) is 0 Å². The summed E-state index contributed by atoms with van der Waals surface area (Å²) in [5, 5.41) is 7.90. The lowest BCUT2D eigenvalue weighted by atomic mass is 9.93. The molecule has 1 aliphatic heterocycles. The van der Waals surface area contributed by atoms with Crippen molar-refractivity contribution in [3.05, 3.63) is 35.9 Å². The summed E-state index contributed by atoms with van der Waals surface area (Å²) in [6, 6.07) is 8.54. The minimum absolute atomic E-state index is 0.0177. The molecule has 142 valence electrons. The summed E-state index contributed by atoms with van der Waals surface area (Å²) < 4.78 is 0. The third-order valence-corrected chi connectivity index (χ3v) is 4.59. The summed E-state index contributed by atoms with van der Waals surface area (Å²) in [5.74, 6) is 0.0800. The number of amides is 4. The molecule has 1 atom stereocenters. The fourth-order valence-electron chi connectivity index (χ4n) is 3.25. The number of rotatable bonds is 6. The standard InChI is InChI=1S/C19H28N4O3/c1-3-20-19(26)22-18(25)17(16-7-5-4-6-8-16)23-11-9-15(10-12-23)13-21-14(2)24/h4-8,15,17H,3,9-13H2,1-2H3,(H,21,24)(H2,20,22,25,26). The van der Waals surface area contributed by atoms with E-state index in [2.05, 4.69) is 20.9 Å². The molecular formula is C19H28N4O3. The number of benzene rings is 1. The monoisotopic (exact) mass is 360 g/mol. The van der Waals surface area contributed by atoms with Crippen LogP contribution < -0.4 is 16.0 Å². The normalized spacial score (nSPS) is 16.5. The number of carbonyl (C=O) groups excluding carboxylic acids is 3. The summed E-state index contributed by atoms with van der Waals surface area (Å²) >= 11 is 0. The lowest BCUT2D eigenvalue weighted by molar-refractivity contribution is -0.126. The largest absolute Gasteiger partial charge is 0.356 e. The van der Waals surface area contributed by atoms with Crippen LogP contribution in [-0.2, 0) is 9.59 Å². The first-order valence-corrected chi connectivity index (χ1v) is 9.13. The molecule has 7 nitrogen and oxygen atoms in total. The molecule has 0 spiro atoms. The minimum Gasteiger partial charge on any atom is -0.356 e. The molecule has 4 amide bonds. The van der Waals surface area contributed by atoms with E-state index in [1.54, 1.807) is 6.92 Å². The van der Waals surface area contributed by atoms with E-state index in [0.717, 1.165) is 31.5 Å². The smallest absolute Gasteiger partial charge is 0.321 e. The van der Waals surface area contributed by atoms with Crippen LogP contribution in [-0.4, -0.2) is 48.9 Å². The third-order valence-electron chi connectivity index (χ3n) is 4.59. The Balaban J connectivity index is 2.04. The summed E-state index contributed by atoms with van der Waals surface area (Å²) in [5.41, 5.74) is 0.870. The number of hydrogen-bond donors (Lipinski definition) is 3. The number of nitrogens with zero attached hydrogens (tertiary/aromatic N) is 1. The van der Waals surface area contributed by atoms with Crippen LogP contribution >= 0.6 is 0 Å². The van der Waals surface area contributed by atoms with Crippen molar-refractivity contribution in [2.24, 2.45) is 5.92 Å². The van der Waals surface area contributed by atoms with Crippen molar-refractivity contribution >= 4 is 17.8 Å². The lowest BCUT2D eigenvalue weighted by Gasteiger charge is -2.37. The average Bonchev–Trinajstić information content (AvgIpc) is 2.62. The topological polar surface area (TPSA) is 90.5 Å². The molecule has 3 N–H and O–H groups in total. The number of likely N-dealkylation sites (tertiary alicyclic amines) is 1. The lowest BCUT2D eigenvalue weighted by Crippen LogP contribution is -2.48. The van der Waals surface area contributed by atoms with E-state index in [1.165, 1.54) is 6.92 Å². The molecule has 1 unspecified atom stereocenters. The Labute approximate surface area is 154 Å². The number of nitrogens with one attached hydrogen (secondary N) is 3. The molecule has 0 saturated carbocycles. The minimum atomic E-state index is -0.500. The van der Waals surface area contributed by atoms with Gasteiger partial charge in [0.1, 0.15) is 6.04 Å². The van der Waals surface area contributed by atoms with Crippen LogP contribution in [0.15, 0.2) is 30.3 Å². The van der Waals surface area contributed by atoms with Crippen LogP contribution in [0.1, 0.15) is 38.3 Å². The van der Waals surface area contributed by atoms with E-state index in [0.29, 0.717) is 19.0 Å². The van der Waals surface area contributed by atoms with Crippen LogP contribution in [0.25, 0.3) is 0 Å². The first-order valence-electron chi connectivity index (χ1n) is 9.13. The first kappa shape index (κ1) is 19.9. The summed E-state index contributed by atoms with van der Waals surface area (Å²) in [6.45, 7) is 5.94. The number of urea groups is 1. The maximum Gasteiger partial charge on any atom is 0.321 e. The molecule has 1 aromatic rings. The molecule has 1 aliphatic rings. The van der Waals surface area contributed by atoms with Gasteiger partial charge in [0, 0.05) is 20.0 Å². The maximum absolute atomic E-state index is 12.8. The second-order valence-corrected chi connectivity index (χ2v) is 6.58. The van der Waals surface area contributed by atoms with Gasteiger partial charge in [-0.15, -0.1) is 0 Å².